The van der Waals surface area contributed by atoms with Gasteiger partial charge in [0.05, 0.1) is 20.3 Å². The van der Waals surface area contributed by atoms with Crippen LogP contribution in [0.2, 0.25) is 0 Å². The number of carbonyl (C=O) groups is 2. The zero-order chi connectivity index (χ0) is 19.9. The Bertz CT molecular complexity index is 807. The van der Waals surface area contributed by atoms with Crippen molar-refractivity contribution in [2.75, 3.05) is 32.7 Å². The maximum Gasteiger partial charge on any atom is 0.263 e. The first-order valence-electron chi connectivity index (χ1n) is 9.14. The van der Waals surface area contributed by atoms with Crippen molar-refractivity contribution < 1.29 is 23.8 Å². The molecule has 0 bridgehead atoms. The molecule has 7 heteroatoms. The van der Waals surface area contributed by atoms with Gasteiger partial charge in [-0.15, -0.1) is 0 Å². The van der Waals surface area contributed by atoms with E-state index < -0.39 is 0 Å². The van der Waals surface area contributed by atoms with Crippen LogP contribution in [0.3, 0.4) is 0 Å². The molecule has 7 nitrogen and oxygen atoms in total. The molecular weight excluding hydrogens is 360 g/mol. The first-order chi connectivity index (χ1) is 13.6. The molecular formula is C21H24N2O5. The number of carbonyl (C=O) groups excluding carboxylic acids is 2. The van der Waals surface area contributed by atoms with Gasteiger partial charge in [0.2, 0.25) is 0 Å². The molecule has 1 aliphatic rings. The van der Waals surface area contributed by atoms with E-state index in [2.05, 4.69) is 10.6 Å². The van der Waals surface area contributed by atoms with Crippen molar-refractivity contribution in [3.8, 4) is 11.5 Å². The number of ether oxygens (including phenoxy) is 3. The smallest absolute Gasteiger partial charge is 0.263 e. The van der Waals surface area contributed by atoms with Gasteiger partial charge >= 0.3 is 0 Å². The maximum atomic E-state index is 12.7. The van der Waals surface area contributed by atoms with Crippen molar-refractivity contribution in [2.24, 2.45) is 0 Å². The number of rotatable bonds is 7. The molecule has 2 aromatic carbocycles. The normalized spacial score (nSPS) is 15.7. The molecule has 3 rings (SSSR count). The predicted molar refractivity (Wildman–Crippen MR) is 105 cm³/mol. The molecule has 2 N–H and O–H groups in total. The molecule has 1 atom stereocenters. The molecule has 0 saturated carbocycles. The van der Waals surface area contributed by atoms with E-state index in [1.165, 1.54) is 14.2 Å². The molecule has 2 aromatic rings. The molecule has 2 amide bonds. The third kappa shape index (κ3) is 4.61. The summed E-state index contributed by atoms with van der Waals surface area (Å²) >= 11 is 0. The summed E-state index contributed by atoms with van der Waals surface area (Å²) in [4.78, 5) is 24.9. The molecule has 1 fully saturated rings. The highest BCUT2D eigenvalue weighted by atomic mass is 16.5. The van der Waals surface area contributed by atoms with E-state index in [0.29, 0.717) is 34.9 Å². The summed E-state index contributed by atoms with van der Waals surface area (Å²) in [5, 5.41) is 5.67. The van der Waals surface area contributed by atoms with Gasteiger partial charge in [-0.25, -0.2) is 0 Å². The van der Waals surface area contributed by atoms with E-state index in [1.54, 1.807) is 42.5 Å². The van der Waals surface area contributed by atoms with Gasteiger partial charge in [-0.05, 0) is 49.2 Å². The average molecular weight is 384 g/mol. The van der Waals surface area contributed by atoms with Gasteiger partial charge in [-0.1, -0.05) is 6.07 Å². The third-order valence-corrected chi connectivity index (χ3v) is 4.57. The molecule has 1 saturated heterocycles. The molecule has 0 spiro atoms. The van der Waals surface area contributed by atoms with E-state index in [-0.39, 0.29) is 17.9 Å². The van der Waals surface area contributed by atoms with E-state index in [1.807, 2.05) is 0 Å². The summed E-state index contributed by atoms with van der Waals surface area (Å²) < 4.78 is 16.0. The van der Waals surface area contributed by atoms with E-state index >= 15 is 0 Å². The Balaban J connectivity index is 1.64. The fourth-order valence-corrected chi connectivity index (χ4v) is 3.09. The minimum absolute atomic E-state index is 0.0957. The van der Waals surface area contributed by atoms with E-state index in [0.717, 1.165) is 19.4 Å². The van der Waals surface area contributed by atoms with Crippen LogP contribution in [0, 0.1) is 0 Å². The second-order valence-corrected chi connectivity index (χ2v) is 6.41. The third-order valence-electron chi connectivity index (χ3n) is 4.57. The number of benzene rings is 2. The molecule has 0 aliphatic carbocycles. The number of methoxy groups -OCH3 is 2. The topological polar surface area (TPSA) is 85.9 Å². The molecule has 0 radical (unpaired) electrons. The maximum absolute atomic E-state index is 12.7. The quantitative estimate of drug-likeness (QED) is 0.767. The zero-order valence-corrected chi connectivity index (χ0v) is 16.0. The summed E-state index contributed by atoms with van der Waals surface area (Å²) in [5.41, 5.74) is 1.39. The van der Waals surface area contributed by atoms with Crippen molar-refractivity contribution in [2.45, 2.75) is 18.9 Å². The SMILES string of the molecule is COc1cccc(OC)c1C(=O)Nc1ccc(C(=O)NC[C@H]2CCCO2)cc1. The monoisotopic (exact) mass is 384 g/mol. The Labute approximate surface area is 164 Å². The Hall–Kier alpha value is -3.06. The molecule has 148 valence electrons. The van der Waals surface area contributed by atoms with Gasteiger partial charge in [0, 0.05) is 24.4 Å². The first kappa shape index (κ1) is 19.7. The second kappa shape index (κ2) is 9.23. The average Bonchev–Trinajstić information content (AvgIpc) is 3.25. The van der Waals surface area contributed by atoms with Gasteiger partial charge in [-0.2, -0.15) is 0 Å². The van der Waals surface area contributed by atoms with Gasteiger partial charge in [0.15, 0.2) is 0 Å². The Kier molecular flexibility index (Phi) is 6.49. The number of nitrogens with one attached hydrogen (secondary N) is 2. The first-order valence-corrected chi connectivity index (χ1v) is 9.14. The lowest BCUT2D eigenvalue weighted by Crippen LogP contribution is -2.31. The van der Waals surface area contributed by atoms with Crippen LogP contribution in [0.1, 0.15) is 33.6 Å². The van der Waals surface area contributed by atoms with Crippen molar-refractivity contribution in [1.82, 2.24) is 5.32 Å². The lowest BCUT2D eigenvalue weighted by molar-refractivity contribution is 0.0857. The minimum atomic E-state index is -0.357. The van der Waals surface area contributed by atoms with Crippen LogP contribution in [0.4, 0.5) is 5.69 Å². The van der Waals surface area contributed by atoms with Crippen molar-refractivity contribution in [3.05, 3.63) is 53.6 Å². The standard InChI is InChI=1S/C21H24N2O5/c1-26-17-6-3-7-18(27-2)19(17)21(25)23-15-10-8-14(9-11-15)20(24)22-13-16-5-4-12-28-16/h3,6-11,16H,4-5,12-13H2,1-2H3,(H,22,24)(H,23,25)/t16-/m1/s1. The van der Waals surface area contributed by atoms with Gasteiger partial charge in [0.1, 0.15) is 17.1 Å². The summed E-state index contributed by atoms with van der Waals surface area (Å²) in [6.07, 6.45) is 2.10. The Morgan fingerprint density at radius 3 is 2.29 bits per heavy atom. The molecule has 1 heterocycles. The van der Waals surface area contributed by atoms with Gasteiger partial charge in [0.25, 0.3) is 11.8 Å². The highest BCUT2D eigenvalue weighted by molar-refractivity contribution is 6.08. The summed E-state index contributed by atoms with van der Waals surface area (Å²) in [7, 11) is 2.99. The van der Waals surface area contributed by atoms with Crippen molar-refractivity contribution in [1.29, 1.82) is 0 Å². The molecule has 0 unspecified atom stereocenters. The number of hydrogen-bond acceptors (Lipinski definition) is 5. The number of hydrogen-bond donors (Lipinski definition) is 2. The van der Waals surface area contributed by atoms with Crippen LogP contribution in [-0.4, -0.2) is 45.3 Å². The summed E-state index contributed by atoms with van der Waals surface area (Å²) in [6.45, 7) is 1.26. The van der Waals surface area contributed by atoms with Crippen molar-refractivity contribution >= 4 is 17.5 Å². The van der Waals surface area contributed by atoms with Gasteiger partial charge < -0.3 is 24.8 Å². The van der Waals surface area contributed by atoms with E-state index in [9.17, 15) is 9.59 Å². The minimum Gasteiger partial charge on any atom is -0.496 e. The van der Waals surface area contributed by atoms with Crippen LogP contribution in [0.25, 0.3) is 0 Å². The van der Waals surface area contributed by atoms with Crippen LogP contribution in [-0.2, 0) is 4.74 Å². The highest BCUT2D eigenvalue weighted by Gasteiger charge is 2.19. The molecule has 28 heavy (non-hydrogen) atoms. The highest BCUT2D eigenvalue weighted by Crippen LogP contribution is 2.29. The van der Waals surface area contributed by atoms with Crippen LogP contribution >= 0.6 is 0 Å². The largest absolute Gasteiger partial charge is 0.496 e. The molecule has 0 aromatic heterocycles. The van der Waals surface area contributed by atoms with Crippen LogP contribution in [0.5, 0.6) is 11.5 Å². The lowest BCUT2D eigenvalue weighted by Gasteiger charge is -2.13. The van der Waals surface area contributed by atoms with Gasteiger partial charge in [-0.3, -0.25) is 9.59 Å². The van der Waals surface area contributed by atoms with Crippen LogP contribution in [0.15, 0.2) is 42.5 Å². The molecule has 1 aliphatic heterocycles. The van der Waals surface area contributed by atoms with Crippen molar-refractivity contribution in [3.63, 3.8) is 0 Å². The fraction of sp³-hybridized carbons (Fsp3) is 0.333. The summed E-state index contributed by atoms with van der Waals surface area (Å²) in [5.74, 6) is 0.314. The fourth-order valence-electron chi connectivity index (χ4n) is 3.09. The van der Waals surface area contributed by atoms with E-state index in [4.69, 9.17) is 14.2 Å². The number of anilines is 1. The Morgan fingerprint density at radius 2 is 1.71 bits per heavy atom. The Morgan fingerprint density at radius 1 is 1.04 bits per heavy atom. The predicted octanol–water partition coefficient (Wildman–Crippen LogP) is 2.86. The lowest BCUT2D eigenvalue weighted by atomic mass is 10.1. The zero-order valence-electron chi connectivity index (χ0n) is 16.0. The van der Waals surface area contributed by atoms with Crippen LogP contribution < -0.4 is 20.1 Å². The second-order valence-electron chi connectivity index (χ2n) is 6.41. The number of amides is 2. The summed E-state index contributed by atoms with van der Waals surface area (Å²) in [6, 6.07) is 11.8.